The second-order valence-electron chi connectivity index (χ2n) is 7.14. The number of thioether (sulfide) groups is 2. The molecule has 0 spiro atoms. The number of benzene rings is 1. The molecule has 9 nitrogen and oxygen atoms in total. The minimum atomic E-state index is -0.510. The number of amides is 3. The van der Waals surface area contributed by atoms with Gasteiger partial charge in [0, 0.05) is 30.0 Å². The normalized spacial score (nSPS) is 15.1. The third kappa shape index (κ3) is 5.22. The van der Waals surface area contributed by atoms with Gasteiger partial charge >= 0.3 is 0 Å². The molecular formula is C21H19FN6O3S2. The van der Waals surface area contributed by atoms with Crippen LogP contribution in [0, 0.1) is 19.7 Å². The first-order chi connectivity index (χ1) is 15.8. The lowest BCUT2D eigenvalue weighted by Gasteiger charge is -2.12. The zero-order valence-corrected chi connectivity index (χ0v) is 19.4. The lowest BCUT2D eigenvalue weighted by molar-refractivity contribution is -0.123. The molecule has 0 atom stereocenters. The van der Waals surface area contributed by atoms with Crippen molar-refractivity contribution in [2.45, 2.75) is 19.0 Å². The Hall–Kier alpha value is -3.25. The van der Waals surface area contributed by atoms with Gasteiger partial charge in [-0.25, -0.2) is 13.9 Å². The summed E-state index contributed by atoms with van der Waals surface area (Å²) in [6, 6.07) is 7.89. The lowest BCUT2D eigenvalue weighted by Crippen LogP contribution is -2.37. The van der Waals surface area contributed by atoms with E-state index in [2.05, 4.69) is 20.4 Å². The van der Waals surface area contributed by atoms with E-state index in [-0.39, 0.29) is 35.2 Å². The average Bonchev–Trinajstić information content (AvgIpc) is 3.29. The van der Waals surface area contributed by atoms with Crippen LogP contribution in [0.3, 0.4) is 0 Å². The highest BCUT2D eigenvalue weighted by Gasteiger charge is 2.34. The summed E-state index contributed by atoms with van der Waals surface area (Å²) in [6.07, 6.45) is 1.36. The van der Waals surface area contributed by atoms with Crippen LogP contribution >= 0.6 is 23.5 Å². The van der Waals surface area contributed by atoms with Crippen molar-refractivity contribution in [3.8, 4) is 0 Å². The van der Waals surface area contributed by atoms with Gasteiger partial charge in [0.1, 0.15) is 5.82 Å². The van der Waals surface area contributed by atoms with E-state index in [4.69, 9.17) is 0 Å². The molecule has 33 heavy (non-hydrogen) atoms. The third-order valence-corrected chi connectivity index (χ3v) is 6.40. The minimum Gasteiger partial charge on any atom is -0.354 e. The van der Waals surface area contributed by atoms with E-state index in [9.17, 15) is 18.8 Å². The number of aromatic nitrogens is 4. The third-order valence-electron chi connectivity index (χ3n) is 4.65. The van der Waals surface area contributed by atoms with Crippen LogP contribution in [0.2, 0.25) is 0 Å². The molecule has 3 amide bonds. The number of fused-ring (bicyclic) bond motifs is 1. The van der Waals surface area contributed by atoms with Crippen LogP contribution in [-0.2, 0) is 9.59 Å². The molecule has 3 aromatic rings. The van der Waals surface area contributed by atoms with Gasteiger partial charge in [0.15, 0.2) is 0 Å². The molecule has 2 aromatic heterocycles. The van der Waals surface area contributed by atoms with E-state index in [1.54, 1.807) is 16.6 Å². The van der Waals surface area contributed by atoms with Gasteiger partial charge in [-0.1, -0.05) is 30.0 Å². The summed E-state index contributed by atoms with van der Waals surface area (Å²) in [7, 11) is 0. The van der Waals surface area contributed by atoms with Crippen LogP contribution in [0.25, 0.3) is 11.9 Å². The number of halogens is 1. The van der Waals surface area contributed by atoms with Crippen molar-refractivity contribution < 1.29 is 18.8 Å². The van der Waals surface area contributed by atoms with Gasteiger partial charge in [-0.05, 0) is 43.8 Å². The summed E-state index contributed by atoms with van der Waals surface area (Å²) >= 11 is 1.91. The summed E-state index contributed by atoms with van der Waals surface area (Å²) in [5.74, 6) is -0.727. The first kappa shape index (κ1) is 22.9. The monoisotopic (exact) mass is 486 g/mol. The molecule has 1 fully saturated rings. The Morgan fingerprint density at radius 2 is 2.03 bits per heavy atom. The highest BCUT2D eigenvalue weighted by atomic mass is 32.2. The van der Waals surface area contributed by atoms with Crippen LogP contribution in [0.1, 0.15) is 17.0 Å². The Kier molecular flexibility index (Phi) is 6.75. The lowest BCUT2D eigenvalue weighted by atomic mass is 10.2. The summed E-state index contributed by atoms with van der Waals surface area (Å²) < 4.78 is 15.4. The molecule has 0 bridgehead atoms. The Labute approximate surface area is 196 Å². The van der Waals surface area contributed by atoms with Crippen molar-refractivity contribution in [2.24, 2.45) is 0 Å². The first-order valence-electron chi connectivity index (χ1n) is 9.92. The van der Waals surface area contributed by atoms with Gasteiger partial charge in [-0.15, -0.1) is 5.10 Å². The quantitative estimate of drug-likeness (QED) is 0.401. The molecular weight excluding hydrogens is 467 g/mol. The molecule has 170 valence electrons. The van der Waals surface area contributed by atoms with E-state index in [0.29, 0.717) is 10.9 Å². The molecule has 0 saturated carbocycles. The molecule has 1 aliphatic heterocycles. The standard InChI is InChI=1S/C21H19FN6O3S2/c1-12-9-13(2)28-19(24-12)25-20(26-28)32-11-17(29)23-7-8-27-18(30)16(33-21(27)31)10-14-5-3-4-6-15(14)22/h3-6,9-10H,7-8,11H2,1-2H3,(H,23,29)/b16-10-. The zero-order chi connectivity index (χ0) is 23.5. The largest absolute Gasteiger partial charge is 0.354 e. The molecule has 12 heteroatoms. The van der Waals surface area contributed by atoms with Crippen LogP contribution in [0.5, 0.6) is 0 Å². The van der Waals surface area contributed by atoms with E-state index in [1.165, 1.54) is 18.2 Å². The van der Waals surface area contributed by atoms with Gasteiger partial charge in [0.2, 0.25) is 11.1 Å². The molecule has 1 saturated heterocycles. The highest BCUT2D eigenvalue weighted by molar-refractivity contribution is 8.18. The molecule has 0 aliphatic carbocycles. The average molecular weight is 487 g/mol. The van der Waals surface area contributed by atoms with E-state index < -0.39 is 17.0 Å². The number of aryl methyl sites for hydroxylation is 2. The van der Waals surface area contributed by atoms with Gasteiger partial charge in [-0.3, -0.25) is 19.3 Å². The molecule has 0 radical (unpaired) electrons. The number of nitrogens with zero attached hydrogens (tertiary/aromatic N) is 5. The minimum absolute atomic E-state index is 0.0185. The van der Waals surface area contributed by atoms with Gasteiger partial charge in [0.25, 0.3) is 16.9 Å². The number of hydrogen-bond acceptors (Lipinski definition) is 8. The summed E-state index contributed by atoms with van der Waals surface area (Å²) in [5.41, 5.74) is 1.95. The first-order valence-corrected chi connectivity index (χ1v) is 11.7. The Morgan fingerprint density at radius 1 is 1.24 bits per heavy atom. The molecule has 1 aromatic carbocycles. The van der Waals surface area contributed by atoms with Crippen LogP contribution < -0.4 is 5.32 Å². The maximum Gasteiger partial charge on any atom is 0.293 e. The summed E-state index contributed by atoms with van der Waals surface area (Å²) in [5, 5.41) is 6.97. The predicted octanol–water partition coefficient (Wildman–Crippen LogP) is 2.83. The molecule has 1 aliphatic rings. The number of hydrogen-bond donors (Lipinski definition) is 1. The molecule has 4 rings (SSSR count). The van der Waals surface area contributed by atoms with Gasteiger partial charge in [-0.2, -0.15) is 4.98 Å². The van der Waals surface area contributed by atoms with E-state index in [0.717, 1.165) is 39.8 Å². The van der Waals surface area contributed by atoms with Crippen LogP contribution in [0.4, 0.5) is 9.18 Å². The van der Waals surface area contributed by atoms with Gasteiger partial charge < -0.3 is 5.32 Å². The predicted molar refractivity (Wildman–Crippen MR) is 123 cm³/mol. The van der Waals surface area contributed by atoms with Crippen molar-refractivity contribution in [1.82, 2.24) is 29.8 Å². The molecule has 3 heterocycles. The number of nitrogens with one attached hydrogen (secondary N) is 1. The molecule has 0 unspecified atom stereocenters. The Balaban J connectivity index is 1.28. The second kappa shape index (κ2) is 9.71. The number of rotatable bonds is 7. The van der Waals surface area contributed by atoms with Gasteiger partial charge in [0.05, 0.1) is 10.7 Å². The Bertz CT molecular complexity index is 1290. The maximum absolute atomic E-state index is 13.8. The maximum atomic E-state index is 13.8. The van der Waals surface area contributed by atoms with Crippen molar-refractivity contribution >= 4 is 52.4 Å². The van der Waals surface area contributed by atoms with Crippen LogP contribution in [-0.4, -0.2) is 60.4 Å². The van der Waals surface area contributed by atoms with Crippen molar-refractivity contribution in [3.63, 3.8) is 0 Å². The fourth-order valence-corrected chi connectivity index (χ4v) is 4.63. The Morgan fingerprint density at radius 3 is 2.82 bits per heavy atom. The van der Waals surface area contributed by atoms with Crippen molar-refractivity contribution in [1.29, 1.82) is 0 Å². The number of carbonyl (C=O) groups excluding carboxylic acids is 3. The number of carbonyl (C=O) groups is 3. The van der Waals surface area contributed by atoms with E-state index >= 15 is 0 Å². The second-order valence-corrected chi connectivity index (χ2v) is 9.07. The number of imide groups is 1. The topological polar surface area (TPSA) is 110 Å². The smallest absolute Gasteiger partial charge is 0.293 e. The summed E-state index contributed by atoms with van der Waals surface area (Å²) in [6.45, 7) is 3.89. The highest BCUT2D eigenvalue weighted by Crippen LogP contribution is 2.32. The van der Waals surface area contributed by atoms with Crippen molar-refractivity contribution in [2.75, 3.05) is 18.8 Å². The fraction of sp³-hybridized carbons (Fsp3) is 0.238. The van der Waals surface area contributed by atoms with E-state index in [1.807, 2.05) is 19.9 Å². The fourth-order valence-electron chi connectivity index (χ4n) is 3.12. The molecule has 1 N–H and O–H groups in total. The summed E-state index contributed by atoms with van der Waals surface area (Å²) in [4.78, 5) is 46.7. The SMILES string of the molecule is Cc1cc(C)n2nc(SCC(=O)NCCN3C(=O)S/C(=C\c4ccccc4F)C3=O)nc2n1. The van der Waals surface area contributed by atoms with Crippen LogP contribution in [0.15, 0.2) is 40.4 Å². The van der Waals surface area contributed by atoms with Crippen molar-refractivity contribution in [3.05, 3.63) is 58.0 Å². The zero-order valence-electron chi connectivity index (χ0n) is 17.7.